The van der Waals surface area contributed by atoms with Crippen LogP contribution in [-0.2, 0) is 18.3 Å². The third-order valence-electron chi connectivity index (χ3n) is 0. The molecule has 0 aromatic rings. The fourth-order valence-corrected chi connectivity index (χ4v) is 0. The van der Waals surface area contributed by atoms with Crippen molar-refractivity contribution in [3.63, 3.8) is 0 Å². The summed E-state index contributed by atoms with van der Waals surface area (Å²) in [4.78, 5) is 27.9. The van der Waals surface area contributed by atoms with Crippen LogP contribution in [0, 0.1) is 0 Å². The normalized spacial score (nSPS) is 5.60. The summed E-state index contributed by atoms with van der Waals surface area (Å²) < 4.78 is 33.8. The molecule has 0 saturated heterocycles. The largest absolute Gasteiger partial charge is 2.00 e. The molecule has 0 spiro atoms. The van der Waals surface area contributed by atoms with Gasteiger partial charge in [-0.1, -0.05) is 0 Å². The molecule has 0 fully saturated rings. The minimum absolute atomic E-state index is 0. The molecular weight excluding hydrogens is 348 g/mol. The molecule has 0 unspecified atom stereocenters. The van der Waals surface area contributed by atoms with Gasteiger partial charge in [-0.3, -0.25) is 0 Å². The Balaban J connectivity index is -0.0000000107. The zero-order chi connectivity index (χ0) is 10.8. The summed E-state index contributed by atoms with van der Waals surface area (Å²) in [6, 6.07) is 0. The molecule has 0 bridgehead atoms. The first-order valence-electron chi connectivity index (χ1n) is 1.53. The van der Waals surface area contributed by atoms with Crippen LogP contribution in [0.25, 0.3) is 0 Å². The van der Waals surface area contributed by atoms with Gasteiger partial charge in [-0.05, 0) is 0 Å². The van der Waals surface area contributed by atoms with Gasteiger partial charge in [-0.2, -0.15) is 0 Å². The Morgan fingerprint density at radius 1 is 0.533 bits per heavy atom. The molecule has 15 heteroatoms. The Hall–Kier alpha value is 2.72. The van der Waals surface area contributed by atoms with Crippen molar-refractivity contribution < 1.29 is 43.3 Å². The summed E-state index contributed by atoms with van der Waals surface area (Å²) in [5.41, 5.74) is 0. The van der Waals surface area contributed by atoms with Crippen molar-refractivity contribution in [3.05, 3.63) is 0 Å². The van der Waals surface area contributed by atoms with E-state index < -0.39 is 34.7 Å². The minimum Gasteiger partial charge on any atom is -0.412 e. The van der Waals surface area contributed by atoms with Crippen LogP contribution in [0.4, 0.5) is 0 Å². The van der Waals surface area contributed by atoms with Gasteiger partial charge in [-0.15, -0.1) is 0 Å². The molecule has 0 aliphatic carbocycles. The number of hydrogen-bond donors (Lipinski definition) is 4. The van der Waals surface area contributed by atoms with E-state index >= 15 is 0 Å². The third-order valence-corrected chi connectivity index (χ3v) is 0. The number of hydrogen-bond acceptors (Lipinski definition) is 4. The average molecular weight is 354 g/mol. The maximum atomic E-state index is 8.46. The molecule has 0 aromatic heterocycles. The van der Waals surface area contributed by atoms with Gasteiger partial charge in [0.1, 0.15) is 0 Å². The smallest absolute Gasteiger partial charge is 0.412 e. The molecule has 0 aromatic carbocycles. The average Bonchev–Trinajstić information content (AvgIpc) is 1.92. The van der Waals surface area contributed by atoms with Crippen molar-refractivity contribution in [2.75, 3.05) is 0 Å². The Kier molecular flexibility index (Phi) is 263. The summed E-state index contributed by atoms with van der Waals surface area (Å²) in [5.74, 6) is 0. The number of rotatable bonds is 0. The molecule has 0 aliphatic heterocycles. The van der Waals surface area contributed by atoms with Gasteiger partial charge in [0.05, 0.1) is 0 Å². The van der Waals surface area contributed by atoms with Gasteiger partial charge < -0.3 is 25.0 Å². The van der Waals surface area contributed by atoms with E-state index in [4.69, 9.17) is 37.8 Å². The van der Waals surface area contributed by atoms with Crippen LogP contribution in [0.15, 0.2) is 0 Å². The molecular formula is H6Ca2O9P4+4. The molecule has 80 valence electrons. The first-order chi connectivity index (χ1) is 5.66. The molecule has 0 atom stereocenters. The molecule has 0 rings (SSSR count). The summed E-state index contributed by atoms with van der Waals surface area (Å²) >= 11 is 0. The SMILES string of the molecule is O.O=PO.O=PO.O=PO.O=PO.[Ca+2].[Ca+2]. The Morgan fingerprint density at radius 2 is 0.533 bits per heavy atom. The second kappa shape index (κ2) is 91.5. The van der Waals surface area contributed by atoms with Crippen molar-refractivity contribution in [1.82, 2.24) is 0 Å². The van der Waals surface area contributed by atoms with Crippen molar-refractivity contribution in [2.24, 2.45) is 0 Å². The first-order valence-corrected chi connectivity index (χ1v) is 4.59. The zero-order valence-corrected chi connectivity index (χ0v) is 15.1. The van der Waals surface area contributed by atoms with Gasteiger partial charge in [0.2, 0.25) is 0 Å². The molecule has 0 radical (unpaired) electrons. The Bertz CT molecular complexity index is 74.1. The van der Waals surface area contributed by atoms with E-state index in [0.717, 1.165) is 0 Å². The summed E-state index contributed by atoms with van der Waals surface area (Å²) in [6.45, 7) is 0. The van der Waals surface area contributed by atoms with Crippen molar-refractivity contribution in [3.8, 4) is 0 Å². The fourth-order valence-electron chi connectivity index (χ4n) is 0. The van der Waals surface area contributed by atoms with Gasteiger partial charge in [-0.25, -0.2) is 18.3 Å². The van der Waals surface area contributed by atoms with E-state index in [1.54, 1.807) is 0 Å². The van der Waals surface area contributed by atoms with Gasteiger partial charge in [0.25, 0.3) is 0 Å². The summed E-state index contributed by atoms with van der Waals surface area (Å²) in [6.07, 6.45) is 0. The molecule has 6 N–H and O–H groups in total. The summed E-state index contributed by atoms with van der Waals surface area (Å²) in [7, 11) is -3.33. The maximum absolute atomic E-state index is 8.46. The minimum atomic E-state index is -0.833. The van der Waals surface area contributed by atoms with Gasteiger partial charge in [0.15, 0.2) is 0 Å². The topological polar surface area (TPSA) is 181 Å². The van der Waals surface area contributed by atoms with Crippen LogP contribution in [0.1, 0.15) is 0 Å². The van der Waals surface area contributed by atoms with E-state index in [9.17, 15) is 0 Å². The van der Waals surface area contributed by atoms with Crippen LogP contribution in [0.2, 0.25) is 0 Å². The van der Waals surface area contributed by atoms with Crippen molar-refractivity contribution in [1.29, 1.82) is 0 Å². The predicted octanol–water partition coefficient (Wildman–Crippen LogP) is -0.845. The first kappa shape index (κ1) is 43.1. The summed E-state index contributed by atoms with van der Waals surface area (Å²) in [5, 5.41) is 0. The van der Waals surface area contributed by atoms with Gasteiger partial charge in [0, 0.05) is 0 Å². The second-order valence-corrected chi connectivity index (χ2v) is 0.980. The van der Waals surface area contributed by atoms with E-state index in [0.29, 0.717) is 0 Å². The van der Waals surface area contributed by atoms with Crippen molar-refractivity contribution >= 4 is 110 Å². The van der Waals surface area contributed by atoms with Crippen LogP contribution in [0.3, 0.4) is 0 Å². The molecule has 0 saturated carbocycles. The third kappa shape index (κ3) is 490. The zero-order valence-electron chi connectivity index (χ0n) is 7.12. The fraction of sp³-hybridized carbons (Fsp3) is 0. The van der Waals surface area contributed by atoms with Crippen LogP contribution in [-0.4, -0.2) is 101 Å². The molecule has 0 amide bonds. The monoisotopic (exact) mass is 354 g/mol. The molecule has 0 heterocycles. The molecule has 0 aliphatic rings. The van der Waals surface area contributed by atoms with E-state index in [1.165, 1.54) is 0 Å². The van der Waals surface area contributed by atoms with Crippen LogP contribution < -0.4 is 0 Å². The molecule has 15 heavy (non-hydrogen) atoms. The van der Waals surface area contributed by atoms with Crippen LogP contribution in [0.5, 0.6) is 0 Å². The molecule has 9 nitrogen and oxygen atoms in total. The van der Waals surface area contributed by atoms with Gasteiger partial charge >= 0.3 is 110 Å². The van der Waals surface area contributed by atoms with Crippen molar-refractivity contribution in [2.45, 2.75) is 0 Å². The quantitative estimate of drug-likeness (QED) is 0.321. The maximum Gasteiger partial charge on any atom is 2.00 e. The van der Waals surface area contributed by atoms with E-state index in [-0.39, 0.29) is 81.0 Å². The van der Waals surface area contributed by atoms with Crippen LogP contribution >= 0.6 is 34.7 Å². The predicted molar refractivity (Wildman–Crippen MR) is 54.4 cm³/mol. The standard InChI is InChI=1S/2Ca.4HO2P.H2O/c;;4*1-3-2;/h;;4*(H,1,2);1H2/q2*+2;;;;;. The Morgan fingerprint density at radius 3 is 0.533 bits per heavy atom. The van der Waals surface area contributed by atoms with E-state index in [1.807, 2.05) is 0 Å². The second-order valence-electron chi connectivity index (χ2n) is 0.327. The Labute approximate surface area is 151 Å². The van der Waals surface area contributed by atoms with E-state index in [2.05, 4.69) is 0 Å².